The first-order valence-electron chi connectivity index (χ1n) is 16.8. The smallest absolute Gasteiger partial charge is 0.244 e. The first-order chi connectivity index (χ1) is 23.4. The summed E-state index contributed by atoms with van der Waals surface area (Å²) >= 11 is 0. The topological polar surface area (TPSA) is 146 Å². The maximum absolute atomic E-state index is 14.0. The first kappa shape index (κ1) is 34.7. The molecule has 0 radical (unpaired) electrons. The molecule has 2 saturated heterocycles. The molecule has 3 aromatic rings. The van der Waals surface area contributed by atoms with Gasteiger partial charge < -0.3 is 30.8 Å². The molecule has 4 atom stereocenters. The molecule has 0 aliphatic carbocycles. The van der Waals surface area contributed by atoms with Crippen molar-refractivity contribution in [1.29, 1.82) is 0 Å². The number of nitrogens with one attached hydrogen (secondary N) is 4. The van der Waals surface area contributed by atoms with Crippen molar-refractivity contribution in [1.82, 2.24) is 26.2 Å². The number of aldehydes is 1. The molecular weight excluding hydrogens is 610 g/mol. The highest BCUT2D eigenvalue weighted by molar-refractivity contribution is 5.93. The van der Waals surface area contributed by atoms with Crippen LogP contribution in [0.3, 0.4) is 0 Å². The minimum atomic E-state index is -1.01. The van der Waals surface area contributed by atoms with E-state index in [2.05, 4.69) is 21.3 Å². The Balaban J connectivity index is 1.32. The van der Waals surface area contributed by atoms with Gasteiger partial charge in [0.25, 0.3) is 0 Å². The highest BCUT2D eigenvalue weighted by Gasteiger charge is 2.32. The van der Waals surface area contributed by atoms with Crippen LogP contribution >= 0.6 is 0 Å². The van der Waals surface area contributed by atoms with E-state index >= 15 is 0 Å². The third-order valence-electron chi connectivity index (χ3n) is 9.05. The molecule has 0 bridgehead atoms. The molecule has 2 aliphatic rings. The van der Waals surface area contributed by atoms with Gasteiger partial charge in [-0.05, 0) is 54.0 Å². The zero-order chi connectivity index (χ0) is 33.7. The van der Waals surface area contributed by atoms with E-state index in [-0.39, 0.29) is 37.1 Å². The van der Waals surface area contributed by atoms with E-state index in [1.807, 2.05) is 77.7 Å². The van der Waals surface area contributed by atoms with Crippen LogP contribution in [0.2, 0.25) is 0 Å². The fourth-order valence-corrected chi connectivity index (χ4v) is 6.41. The quantitative estimate of drug-likeness (QED) is 0.183. The maximum atomic E-state index is 14.0. The Kier molecular flexibility index (Phi) is 12.7. The van der Waals surface area contributed by atoms with E-state index in [4.69, 9.17) is 4.74 Å². The molecule has 0 aromatic heterocycles. The van der Waals surface area contributed by atoms with Gasteiger partial charge in [-0.15, -0.1) is 0 Å². The molecule has 2 fully saturated rings. The van der Waals surface area contributed by atoms with Crippen LogP contribution in [0.4, 0.5) is 0 Å². The molecule has 4 N–H and O–H groups in total. The molecule has 2 aliphatic heterocycles. The number of carbonyl (C=O) groups excluding carboxylic acids is 5. The number of amides is 4. The molecule has 0 saturated carbocycles. The molecule has 11 nitrogen and oxygen atoms in total. The van der Waals surface area contributed by atoms with Gasteiger partial charge in [-0.2, -0.15) is 0 Å². The average molecular weight is 656 g/mol. The minimum Gasteiger partial charge on any atom is -0.379 e. The number of hydrogen-bond donors (Lipinski definition) is 4. The van der Waals surface area contributed by atoms with Crippen molar-refractivity contribution in [2.45, 2.75) is 56.7 Å². The van der Waals surface area contributed by atoms with Crippen molar-refractivity contribution in [3.05, 3.63) is 83.9 Å². The summed E-state index contributed by atoms with van der Waals surface area (Å²) in [5.41, 5.74) is 1.87. The van der Waals surface area contributed by atoms with Crippen molar-refractivity contribution in [3.8, 4) is 0 Å². The zero-order valence-electron chi connectivity index (χ0n) is 27.2. The number of aryl methyl sites for hydroxylation is 1. The fourth-order valence-electron chi connectivity index (χ4n) is 6.41. The Morgan fingerprint density at radius 1 is 0.896 bits per heavy atom. The van der Waals surface area contributed by atoms with Crippen molar-refractivity contribution in [2.75, 3.05) is 39.4 Å². The van der Waals surface area contributed by atoms with E-state index in [1.165, 1.54) is 0 Å². The lowest BCUT2D eigenvalue weighted by atomic mass is 9.92. The summed E-state index contributed by atoms with van der Waals surface area (Å²) in [5.74, 6) is -1.81. The summed E-state index contributed by atoms with van der Waals surface area (Å²) < 4.78 is 5.47. The Labute approximate surface area is 281 Å². The van der Waals surface area contributed by atoms with Gasteiger partial charge in [-0.1, -0.05) is 72.8 Å². The van der Waals surface area contributed by atoms with Crippen LogP contribution in [0.1, 0.15) is 36.8 Å². The van der Waals surface area contributed by atoms with Gasteiger partial charge in [0.15, 0.2) is 0 Å². The number of benzene rings is 3. The summed E-state index contributed by atoms with van der Waals surface area (Å²) in [6.45, 7) is 2.96. The standard InChI is InChI=1S/C37H45N5O6/c43-25-30(23-29-13-7-17-38-35(29)45)39-37(47)33(24-42-18-20-48-21-19-42)41-36(46)32(40-34(44)22-26-8-2-1-3-9-26)16-15-28-12-6-11-27-10-4-5-14-31(27)28/h1-6,8-12,14,25,29-30,32-33H,7,13,15-24H2,(H,38,45)(H,39,47)(H,40,44)(H,41,46)/t29-,30-,32-,33-/m0/s1. The Hall–Kier alpha value is -4.61. The minimum absolute atomic E-state index is 0.104. The lowest BCUT2D eigenvalue weighted by Crippen LogP contribution is -2.59. The maximum Gasteiger partial charge on any atom is 0.244 e. The normalized spacial score (nSPS) is 18.6. The SMILES string of the molecule is O=C[C@H](C[C@@H]1CCCNC1=O)NC(=O)[C@H](CN1CCOCC1)NC(=O)[C@H](CCc1cccc2ccccc12)NC(=O)Cc1ccccc1. The van der Waals surface area contributed by atoms with Crippen LogP contribution < -0.4 is 21.3 Å². The molecular formula is C37H45N5O6. The number of fused-ring (bicyclic) bond motifs is 1. The van der Waals surface area contributed by atoms with Gasteiger partial charge in [0.1, 0.15) is 18.4 Å². The van der Waals surface area contributed by atoms with Crippen LogP contribution in [-0.2, 0) is 41.6 Å². The highest BCUT2D eigenvalue weighted by atomic mass is 16.5. The summed E-state index contributed by atoms with van der Waals surface area (Å²) in [4.78, 5) is 67.4. The van der Waals surface area contributed by atoms with E-state index in [9.17, 15) is 24.0 Å². The van der Waals surface area contributed by atoms with E-state index < -0.39 is 29.9 Å². The Morgan fingerprint density at radius 2 is 1.62 bits per heavy atom. The predicted octanol–water partition coefficient (Wildman–Crippen LogP) is 1.92. The van der Waals surface area contributed by atoms with Crippen molar-refractivity contribution in [2.24, 2.45) is 5.92 Å². The summed E-state index contributed by atoms with van der Waals surface area (Å²) in [7, 11) is 0. The first-order valence-corrected chi connectivity index (χ1v) is 16.8. The van der Waals surface area contributed by atoms with Crippen LogP contribution in [0.5, 0.6) is 0 Å². The Bertz CT molecular complexity index is 1550. The predicted molar refractivity (Wildman–Crippen MR) is 182 cm³/mol. The molecule has 0 unspecified atom stereocenters. The Morgan fingerprint density at radius 3 is 2.40 bits per heavy atom. The van der Waals surface area contributed by atoms with Gasteiger partial charge in [-0.25, -0.2) is 0 Å². The van der Waals surface area contributed by atoms with Gasteiger partial charge in [0, 0.05) is 32.1 Å². The lowest BCUT2D eigenvalue weighted by molar-refractivity contribution is -0.133. The number of hydrogen-bond acceptors (Lipinski definition) is 7. The molecule has 2 heterocycles. The third-order valence-corrected chi connectivity index (χ3v) is 9.05. The van der Waals surface area contributed by atoms with Crippen LogP contribution in [0, 0.1) is 5.92 Å². The van der Waals surface area contributed by atoms with Gasteiger partial charge in [-0.3, -0.25) is 24.1 Å². The molecule has 254 valence electrons. The molecule has 11 heteroatoms. The third kappa shape index (κ3) is 9.95. The molecule has 4 amide bonds. The van der Waals surface area contributed by atoms with Crippen LogP contribution in [-0.4, -0.2) is 92.3 Å². The second-order valence-electron chi connectivity index (χ2n) is 12.6. The molecule has 3 aromatic carbocycles. The zero-order valence-corrected chi connectivity index (χ0v) is 27.2. The number of nitrogens with zero attached hydrogens (tertiary/aromatic N) is 1. The summed E-state index contributed by atoms with van der Waals surface area (Å²) in [6.07, 6.45) is 3.20. The van der Waals surface area contributed by atoms with E-state index in [1.54, 1.807) is 0 Å². The van der Waals surface area contributed by atoms with Crippen molar-refractivity contribution >= 4 is 40.7 Å². The number of piperidine rings is 1. The fraction of sp³-hybridized carbons (Fsp3) is 0.432. The van der Waals surface area contributed by atoms with Crippen LogP contribution in [0.25, 0.3) is 10.8 Å². The van der Waals surface area contributed by atoms with Crippen molar-refractivity contribution in [3.63, 3.8) is 0 Å². The second kappa shape index (κ2) is 17.5. The largest absolute Gasteiger partial charge is 0.379 e. The second-order valence-corrected chi connectivity index (χ2v) is 12.6. The number of rotatable bonds is 15. The van der Waals surface area contributed by atoms with Gasteiger partial charge >= 0.3 is 0 Å². The van der Waals surface area contributed by atoms with Gasteiger partial charge in [0.05, 0.1) is 25.7 Å². The van der Waals surface area contributed by atoms with E-state index in [0.29, 0.717) is 58.4 Å². The molecule has 48 heavy (non-hydrogen) atoms. The number of morpholine rings is 1. The highest BCUT2D eigenvalue weighted by Crippen LogP contribution is 2.21. The average Bonchev–Trinajstić information content (AvgIpc) is 3.11. The lowest BCUT2D eigenvalue weighted by Gasteiger charge is -2.32. The van der Waals surface area contributed by atoms with Crippen molar-refractivity contribution < 1.29 is 28.7 Å². The summed E-state index contributed by atoms with van der Waals surface area (Å²) in [6, 6.07) is 20.5. The molecule has 5 rings (SSSR count). The number of ether oxygens (including phenoxy) is 1. The van der Waals surface area contributed by atoms with Gasteiger partial charge in [0.2, 0.25) is 23.6 Å². The molecule has 0 spiro atoms. The monoisotopic (exact) mass is 655 g/mol. The van der Waals surface area contributed by atoms with Crippen LogP contribution in [0.15, 0.2) is 72.8 Å². The summed E-state index contributed by atoms with van der Waals surface area (Å²) in [5, 5.41) is 13.6. The van der Waals surface area contributed by atoms with E-state index in [0.717, 1.165) is 28.3 Å². The number of carbonyl (C=O) groups is 5.